The molecule has 0 atom stereocenters. The van der Waals surface area contributed by atoms with Gasteiger partial charge in [0, 0.05) is 17.1 Å². The van der Waals surface area contributed by atoms with Crippen molar-refractivity contribution in [3.63, 3.8) is 0 Å². The van der Waals surface area contributed by atoms with Crippen LogP contribution in [0.3, 0.4) is 0 Å². The number of ether oxygens (including phenoxy) is 1. The van der Waals surface area contributed by atoms with E-state index in [4.69, 9.17) is 14.9 Å². The summed E-state index contributed by atoms with van der Waals surface area (Å²) >= 11 is 0. The van der Waals surface area contributed by atoms with Gasteiger partial charge in [0.2, 0.25) is 0 Å². The predicted octanol–water partition coefficient (Wildman–Crippen LogP) is 2.02. The Morgan fingerprint density at radius 2 is 2.25 bits per heavy atom. The molecular formula is C9H9NO2. The lowest BCUT2D eigenvalue weighted by atomic mass is 10.2. The van der Waals surface area contributed by atoms with Crippen molar-refractivity contribution in [1.82, 2.24) is 0 Å². The molecule has 2 aromatic rings. The van der Waals surface area contributed by atoms with Crippen LogP contribution in [0.1, 0.15) is 0 Å². The first-order valence-corrected chi connectivity index (χ1v) is 3.62. The van der Waals surface area contributed by atoms with E-state index in [1.54, 1.807) is 19.4 Å². The van der Waals surface area contributed by atoms with Crippen molar-refractivity contribution in [1.29, 1.82) is 0 Å². The van der Waals surface area contributed by atoms with Crippen LogP contribution in [0.4, 0.5) is 5.69 Å². The van der Waals surface area contributed by atoms with Crippen LogP contribution in [0.5, 0.6) is 5.75 Å². The molecule has 0 spiro atoms. The molecule has 1 aromatic heterocycles. The van der Waals surface area contributed by atoms with E-state index in [2.05, 4.69) is 0 Å². The zero-order chi connectivity index (χ0) is 8.55. The minimum Gasteiger partial charge on any atom is -0.493 e. The van der Waals surface area contributed by atoms with Crippen LogP contribution in [0.25, 0.3) is 11.0 Å². The molecule has 2 rings (SSSR count). The number of benzene rings is 1. The third-order valence-electron chi connectivity index (χ3n) is 1.76. The molecule has 0 amide bonds. The second-order valence-electron chi connectivity index (χ2n) is 2.56. The van der Waals surface area contributed by atoms with Crippen molar-refractivity contribution in [2.45, 2.75) is 0 Å². The summed E-state index contributed by atoms with van der Waals surface area (Å²) in [5, 5.41) is 0.965. The highest BCUT2D eigenvalue weighted by Gasteiger charge is 2.04. The number of hydrogen-bond donors (Lipinski definition) is 1. The van der Waals surface area contributed by atoms with E-state index in [1.807, 2.05) is 12.1 Å². The molecule has 2 N–H and O–H groups in total. The summed E-state index contributed by atoms with van der Waals surface area (Å²) in [5.41, 5.74) is 7.06. The van der Waals surface area contributed by atoms with Crippen LogP contribution in [0.15, 0.2) is 28.9 Å². The Bertz CT molecular complexity index is 406. The van der Waals surface area contributed by atoms with Gasteiger partial charge < -0.3 is 14.9 Å². The first kappa shape index (κ1) is 7.03. The molecule has 62 valence electrons. The van der Waals surface area contributed by atoms with Gasteiger partial charge in [-0.15, -0.1) is 0 Å². The van der Waals surface area contributed by atoms with E-state index in [9.17, 15) is 0 Å². The Morgan fingerprint density at radius 3 is 3.00 bits per heavy atom. The number of fused-ring (bicyclic) bond motifs is 1. The maximum absolute atomic E-state index is 5.64. The van der Waals surface area contributed by atoms with Gasteiger partial charge in [0.05, 0.1) is 13.4 Å². The van der Waals surface area contributed by atoms with Crippen molar-refractivity contribution in [2.75, 3.05) is 12.8 Å². The lowest BCUT2D eigenvalue weighted by Gasteiger charge is -2.01. The van der Waals surface area contributed by atoms with E-state index in [1.165, 1.54) is 0 Å². The van der Waals surface area contributed by atoms with Crippen LogP contribution in [0, 0.1) is 0 Å². The number of rotatable bonds is 1. The van der Waals surface area contributed by atoms with E-state index in [-0.39, 0.29) is 0 Å². The van der Waals surface area contributed by atoms with E-state index < -0.39 is 0 Å². The predicted molar refractivity (Wildman–Crippen MR) is 47.2 cm³/mol. The van der Waals surface area contributed by atoms with Gasteiger partial charge in [-0.25, -0.2) is 0 Å². The highest BCUT2D eigenvalue weighted by molar-refractivity contribution is 5.86. The maximum Gasteiger partial charge on any atom is 0.175 e. The molecule has 0 saturated carbocycles. The minimum absolute atomic E-state index is 0.676. The topological polar surface area (TPSA) is 48.4 Å². The fraction of sp³-hybridized carbons (Fsp3) is 0.111. The number of nitrogen functional groups attached to an aromatic ring is 1. The highest BCUT2D eigenvalue weighted by Crippen LogP contribution is 2.28. The Balaban J connectivity index is 2.80. The second-order valence-corrected chi connectivity index (χ2v) is 2.56. The summed E-state index contributed by atoms with van der Waals surface area (Å²) in [6.07, 6.45) is 1.62. The number of methoxy groups -OCH3 is 1. The summed E-state index contributed by atoms with van der Waals surface area (Å²) in [5.74, 6) is 0.676. The van der Waals surface area contributed by atoms with Gasteiger partial charge in [-0.3, -0.25) is 0 Å². The van der Waals surface area contributed by atoms with Crippen LogP contribution in [-0.2, 0) is 0 Å². The van der Waals surface area contributed by atoms with Gasteiger partial charge in [-0.05, 0) is 12.1 Å². The molecule has 3 heteroatoms. The smallest absolute Gasteiger partial charge is 0.175 e. The maximum atomic E-state index is 5.64. The largest absolute Gasteiger partial charge is 0.493 e. The molecular weight excluding hydrogens is 154 g/mol. The van der Waals surface area contributed by atoms with Crippen LogP contribution in [-0.4, -0.2) is 7.11 Å². The molecule has 0 saturated heterocycles. The van der Waals surface area contributed by atoms with E-state index in [0.717, 1.165) is 11.0 Å². The molecule has 0 aliphatic rings. The van der Waals surface area contributed by atoms with Crippen LogP contribution < -0.4 is 10.5 Å². The monoisotopic (exact) mass is 163 g/mol. The SMILES string of the molecule is COc1cc(N)cc2ccoc12. The van der Waals surface area contributed by atoms with Crippen molar-refractivity contribution >= 4 is 16.7 Å². The normalized spacial score (nSPS) is 10.4. The third-order valence-corrected chi connectivity index (χ3v) is 1.76. The molecule has 0 radical (unpaired) electrons. The number of nitrogens with two attached hydrogens (primary N) is 1. The molecule has 0 aliphatic heterocycles. The van der Waals surface area contributed by atoms with Crippen LogP contribution >= 0.6 is 0 Å². The summed E-state index contributed by atoms with van der Waals surface area (Å²) in [7, 11) is 1.59. The van der Waals surface area contributed by atoms with Gasteiger partial charge in [0.1, 0.15) is 0 Å². The number of furan rings is 1. The van der Waals surface area contributed by atoms with Gasteiger partial charge in [0.15, 0.2) is 11.3 Å². The van der Waals surface area contributed by atoms with Gasteiger partial charge >= 0.3 is 0 Å². The van der Waals surface area contributed by atoms with Gasteiger partial charge in [-0.1, -0.05) is 0 Å². The van der Waals surface area contributed by atoms with Crippen molar-refractivity contribution < 1.29 is 9.15 Å². The zero-order valence-electron chi connectivity index (χ0n) is 6.70. The lowest BCUT2D eigenvalue weighted by Crippen LogP contribution is -1.87. The second kappa shape index (κ2) is 2.44. The standard InChI is InChI=1S/C9H9NO2/c1-11-8-5-7(10)4-6-2-3-12-9(6)8/h2-5H,10H2,1H3. The Hall–Kier alpha value is -1.64. The molecule has 0 unspecified atom stereocenters. The third kappa shape index (κ3) is 0.906. The lowest BCUT2D eigenvalue weighted by molar-refractivity contribution is 0.410. The minimum atomic E-state index is 0.676. The summed E-state index contributed by atoms with van der Waals surface area (Å²) in [4.78, 5) is 0. The van der Waals surface area contributed by atoms with Gasteiger partial charge in [0.25, 0.3) is 0 Å². The quantitative estimate of drug-likeness (QED) is 0.654. The number of hydrogen-bond acceptors (Lipinski definition) is 3. The van der Waals surface area contributed by atoms with Crippen molar-refractivity contribution in [3.8, 4) is 5.75 Å². The zero-order valence-corrected chi connectivity index (χ0v) is 6.70. The molecule has 0 fully saturated rings. The molecule has 12 heavy (non-hydrogen) atoms. The van der Waals surface area contributed by atoms with Crippen molar-refractivity contribution in [3.05, 3.63) is 24.5 Å². The molecule has 0 aliphatic carbocycles. The van der Waals surface area contributed by atoms with Crippen molar-refractivity contribution in [2.24, 2.45) is 0 Å². The number of anilines is 1. The fourth-order valence-corrected chi connectivity index (χ4v) is 1.22. The average Bonchev–Trinajstić information content (AvgIpc) is 2.50. The van der Waals surface area contributed by atoms with Crippen LogP contribution in [0.2, 0.25) is 0 Å². The first-order valence-electron chi connectivity index (χ1n) is 3.62. The Morgan fingerprint density at radius 1 is 1.42 bits per heavy atom. The molecule has 1 aromatic carbocycles. The summed E-state index contributed by atoms with van der Waals surface area (Å²) in [6, 6.07) is 5.45. The first-order chi connectivity index (χ1) is 5.81. The Kier molecular flexibility index (Phi) is 1.43. The molecule has 3 nitrogen and oxygen atoms in total. The van der Waals surface area contributed by atoms with Gasteiger partial charge in [-0.2, -0.15) is 0 Å². The summed E-state index contributed by atoms with van der Waals surface area (Å²) < 4.78 is 10.3. The average molecular weight is 163 g/mol. The molecule has 1 heterocycles. The molecule has 0 bridgehead atoms. The summed E-state index contributed by atoms with van der Waals surface area (Å²) in [6.45, 7) is 0. The van der Waals surface area contributed by atoms with E-state index >= 15 is 0 Å². The van der Waals surface area contributed by atoms with E-state index in [0.29, 0.717) is 11.4 Å². The highest BCUT2D eigenvalue weighted by atomic mass is 16.5. The fourth-order valence-electron chi connectivity index (χ4n) is 1.22. The Labute approximate surface area is 69.7 Å².